The molecule has 3 rings (SSSR count). The maximum Gasteiger partial charge on any atom is 0.0361 e. The fraction of sp³-hybridized carbons (Fsp3) is 0.353. The smallest absolute Gasteiger partial charge is 0.0361 e. The van der Waals surface area contributed by atoms with Crippen LogP contribution in [0.1, 0.15) is 30.0 Å². The number of aryl methyl sites for hydroxylation is 1. The standard InChI is InChI=1S/C17H20N2/c1-13-5-3-6-14(9-13)15-10-16(12-18-11-15)17-7-4-8-19(17)2/h3,5-6,9-12,17H,4,7-8H2,1-2H3. The molecule has 2 heteroatoms. The normalized spacial score (nSPS) is 19.8. The average molecular weight is 252 g/mol. The van der Waals surface area contributed by atoms with Crippen molar-refractivity contribution in [2.24, 2.45) is 0 Å². The monoisotopic (exact) mass is 252 g/mol. The lowest BCUT2D eigenvalue weighted by Gasteiger charge is -2.20. The second-order valence-electron chi connectivity index (χ2n) is 5.52. The maximum atomic E-state index is 4.44. The first-order valence-corrected chi connectivity index (χ1v) is 6.96. The van der Waals surface area contributed by atoms with Crippen LogP contribution in [0.5, 0.6) is 0 Å². The van der Waals surface area contributed by atoms with Gasteiger partial charge in [-0.1, -0.05) is 29.8 Å². The van der Waals surface area contributed by atoms with Crippen molar-refractivity contribution in [2.75, 3.05) is 13.6 Å². The molecule has 1 fully saturated rings. The van der Waals surface area contributed by atoms with Crippen molar-refractivity contribution in [1.82, 2.24) is 9.88 Å². The van der Waals surface area contributed by atoms with E-state index in [9.17, 15) is 0 Å². The highest BCUT2D eigenvalue weighted by Crippen LogP contribution is 2.32. The molecule has 0 spiro atoms. The average Bonchev–Trinajstić information content (AvgIpc) is 2.85. The highest BCUT2D eigenvalue weighted by atomic mass is 15.1. The summed E-state index contributed by atoms with van der Waals surface area (Å²) in [4.78, 5) is 6.87. The summed E-state index contributed by atoms with van der Waals surface area (Å²) in [6.45, 7) is 3.32. The first-order valence-electron chi connectivity index (χ1n) is 6.96. The minimum absolute atomic E-state index is 0.539. The number of pyridine rings is 1. The molecule has 1 aliphatic rings. The molecule has 1 aliphatic heterocycles. The molecule has 1 aromatic carbocycles. The molecular weight excluding hydrogens is 232 g/mol. The van der Waals surface area contributed by atoms with Gasteiger partial charge in [-0.2, -0.15) is 0 Å². The van der Waals surface area contributed by atoms with E-state index < -0.39 is 0 Å². The van der Waals surface area contributed by atoms with E-state index in [1.807, 2.05) is 12.4 Å². The minimum Gasteiger partial charge on any atom is -0.299 e. The molecule has 2 heterocycles. The summed E-state index contributed by atoms with van der Waals surface area (Å²) in [5.41, 5.74) is 5.12. The molecule has 19 heavy (non-hydrogen) atoms. The molecule has 2 aromatic rings. The topological polar surface area (TPSA) is 16.1 Å². The van der Waals surface area contributed by atoms with Gasteiger partial charge >= 0.3 is 0 Å². The summed E-state index contributed by atoms with van der Waals surface area (Å²) < 4.78 is 0. The second-order valence-corrected chi connectivity index (χ2v) is 5.52. The number of likely N-dealkylation sites (tertiary alicyclic amines) is 1. The molecule has 0 aliphatic carbocycles. The van der Waals surface area contributed by atoms with E-state index in [4.69, 9.17) is 0 Å². The zero-order chi connectivity index (χ0) is 13.2. The van der Waals surface area contributed by atoms with Crippen LogP contribution >= 0.6 is 0 Å². The number of hydrogen-bond acceptors (Lipinski definition) is 2. The van der Waals surface area contributed by atoms with Gasteiger partial charge in [0.2, 0.25) is 0 Å². The van der Waals surface area contributed by atoms with E-state index in [2.05, 4.69) is 54.2 Å². The van der Waals surface area contributed by atoms with Crippen molar-refractivity contribution in [2.45, 2.75) is 25.8 Å². The van der Waals surface area contributed by atoms with Crippen LogP contribution in [0.2, 0.25) is 0 Å². The zero-order valence-corrected chi connectivity index (χ0v) is 11.6. The molecule has 1 aromatic heterocycles. The number of rotatable bonds is 2. The van der Waals surface area contributed by atoms with Gasteiger partial charge in [0.15, 0.2) is 0 Å². The second kappa shape index (κ2) is 5.14. The van der Waals surface area contributed by atoms with Crippen molar-refractivity contribution in [3.8, 4) is 11.1 Å². The van der Waals surface area contributed by atoms with Gasteiger partial charge in [0.25, 0.3) is 0 Å². The molecule has 0 bridgehead atoms. The molecule has 1 atom stereocenters. The van der Waals surface area contributed by atoms with Gasteiger partial charge in [0.1, 0.15) is 0 Å². The summed E-state index contributed by atoms with van der Waals surface area (Å²) in [7, 11) is 2.21. The van der Waals surface area contributed by atoms with Gasteiger partial charge in [0, 0.05) is 24.0 Å². The van der Waals surface area contributed by atoms with Crippen molar-refractivity contribution < 1.29 is 0 Å². The Labute approximate surface area is 115 Å². The van der Waals surface area contributed by atoms with Gasteiger partial charge in [-0.15, -0.1) is 0 Å². The lowest BCUT2D eigenvalue weighted by molar-refractivity contribution is 0.317. The molecule has 2 nitrogen and oxygen atoms in total. The number of hydrogen-bond donors (Lipinski definition) is 0. The largest absolute Gasteiger partial charge is 0.299 e. The summed E-state index contributed by atoms with van der Waals surface area (Å²) >= 11 is 0. The van der Waals surface area contributed by atoms with Crippen LogP contribution < -0.4 is 0 Å². The van der Waals surface area contributed by atoms with Gasteiger partial charge in [-0.3, -0.25) is 9.88 Å². The molecule has 0 radical (unpaired) electrons. The third-order valence-corrected chi connectivity index (χ3v) is 4.02. The van der Waals surface area contributed by atoms with Gasteiger partial charge in [-0.05, 0) is 50.6 Å². The first kappa shape index (κ1) is 12.4. The van der Waals surface area contributed by atoms with E-state index >= 15 is 0 Å². The lowest BCUT2D eigenvalue weighted by atomic mass is 10.0. The Morgan fingerprint density at radius 3 is 2.79 bits per heavy atom. The fourth-order valence-electron chi connectivity index (χ4n) is 2.95. The Hall–Kier alpha value is -1.67. The number of nitrogens with zero attached hydrogens (tertiary/aromatic N) is 2. The highest BCUT2D eigenvalue weighted by Gasteiger charge is 2.22. The third kappa shape index (κ3) is 2.54. The van der Waals surface area contributed by atoms with Gasteiger partial charge < -0.3 is 0 Å². The van der Waals surface area contributed by atoms with Crippen molar-refractivity contribution in [3.63, 3.8) is 0 Å². The molecule has 1 saturated heterocycles. The fourth-order valence-corrected chi connectivity index (χ4v) is 2.95. The van der Waals surface area contributed by atoms with Crippen LogP contribution in [0.15, 0.2) is 42.7 Å². The van der Waals surface area contributed by atoms with Crippen molar-refractivity contribution >= 4 is 0 Å². The van der Waals surface area contributed by atoms with Crippen molar-refractivity contribution in [1.29, 1.82) is 0 Å². The van der Waals surface area contributed by atoms with E-state index in [1.165, 1.54) is 41.6 Å². The predicted molar refractivity (Wildman–Crippen MR) is 79.0 cm³/mol. The first-order chi connectivity index (χ1) is 9.24. The van der Waals surface area contributed by atoms with Crippen LogP contribution in [0, 0.1) is 6.92 Å². The van der Waals surface area contributed by atoms with E-state index in [0.717, 1.165) is 0 Å². The molecule has 0 amide bonds. The van der Waals surface area contributed by atoms with Gasteiger partial charge in [0.05, 0.1) is 0 Å². The predicted octanol–water partition coefficient (Wildman–Crippen LogP) is 3.82. The van der Waals surface area contributed by atoms with Crippen LogP contribution in [0.4, 0.5) is 0 Å². The summed E-state index contributed by atoms with van der Waals surface area (Å²) in [5.74, 6) is 0. The van der Waals surface area contributed by atoms with Crippen LogP contribution in [-0.2, 0) is 0 Å². The molecule has 1 unspecified atom stereocenters. The van der Waals surface area contributed by atoms with Gasteiger partial charge in [-0.25, -0.2) is 0 Å². The Morgan fingerprint density at radius 1 is 1.16 bits per heavy atom. The molecule has 98 valence electrons. The van der Waals surface area contributed by atoms with Crippen LogP contribution in [0.3, 0.4) is 0 Å². The van der Waals surface area contributed by atoms with E-state index in [1.54, 1.807) is 0 Å². The lowest BCUT2D eigenvalue weighted by Crippen LogP contribution is -2.17. The maximum absolute atomic E-state index is 4.44. The summed E-state index contributed by atoms with van der Waals surface area (Å²) in [6.07, 6.45) is 6.52. The Morgan fingerprint density at radius 2 is 2.05 bits per heavy atom. The highest BCUT2D eigenvalue weighted by molar-refractivity contribution is 5.63. The Kier molecular flexibility index (Phi) is 3.34. The van der Waals surface area contributed by atoms with E-state index in [0.29, 0.717) is 6.04 Å². The van der Waals surface area contributed by atoms with E-state index in [-0.39, 0.29) is 0 Å². The number of benzene rings is 1. The quantitative estimate of drug-likeness (QED) is 0.807. The third-order valence-electron chi connectivity index (χ3n) is 4.02. The summed E-state index contributed by atoms with van der Waals surface area (Å²) in [5, 5.41) is 0. The zero-order valence-electron chi connectivity index (χ0n) is 11.6. The SMILES string of the molecule is Cc1cccc(-c2cncc(C3CCCN3C)c2)c1. The van der Waals surface area contributed by atoms with Crippen molar-refractivity contribution in [3.05, 3.63) is 53.9 Å². The van der Waals surface area contributed by atoms with Crippen LogP contribution in [0.25, 0.3) is 11.1 Å². The molecular formula is C17H20N2. The Balaban J connectivity index is 1.96. The van der Waals surface area contributed by atoms with Crippen LogP contribution in [-0.4, -0.2) is 23.5 Å². The number of aromatic nitrogens is 1. The summed E-state index contributed by atoms with van der Waals surface area (Å²) in [6, 6.07) is 11.5. The molecule has 0 saturated carbocycles. The Bertz CT molecular complexity index is 577. The minimum atomic E-state index is 0.539. The molecule has 0 N–H and O–H groups in total.